The molecule has 0 spiro atoms. The Bertz CT molecular complexity index is 337. The zero-order valence-corrected chi connectivity index (χ0v) is 14.7. The third-order valence-corrected chi connectivity index (χ3v) is 6.81. The number of halogens is 1. The van der Waals surface area contributed by atoms with Crippen molar-refractivity contribution in [3.63, 3.8) is 0 Å². The standard InChI is InChI=1S/C19H35FN2/c1-3-16-13-18(14-16)22-11-7-19(20,8-12-22)15-17-5-9-21(4-2)10-6-17/h16-18H,3-15H2,1-2H3. The number of hydrogen-bond acceptors (Lipinski definition) is 2. The molecule has 128 valence electrons. The first-order valence-electron chi connectivity index (χ1n) is 9.77. The van der Waals surface area contributed by atoms with E-state index in [2.05, 4.69) is 23.6 Å². The van der Waals surface area contributed by atoms with E-state index in [9.17, 15) is 0 Å². The number of piperidine rings is 2. The van der Waals surface area contributed by atoms with Crippen LogP contribution < -0.4 is 0 Å². The molecule has 3 heteroatoms. The first-order chi connectivity index (χ1) is 10.6. The lowest BCUT2D eigenvalue weighted by atomic mass is 9.75. The quantitative estimate of drug-likeness (QED) is 0.754. The first-order valence-corrected chi connectivity index (χ1v) is 9.77. The van der Waals surface area contributed by atoms with E-state index in [1.165, 1.54) is 45.2 Å². The Morgan fingerprint density at radius 3 is 2.14 bits per heavy atom. The Kier molecular flexibility index (Phi) is 5.44. The summed E-state index contributed by atoms with van der Waals surface area (Å²) >= 11 is 0. The monoisotopic (exact) mass is 310 g/mol. The van der Waals surface area contributed by atoms with Gasteiger partial charge in [-0.15, -0.1) is 0 Å². The van der Waals surface area contributed by atoms with Gasteiger partial charge in [0.2, 0.25) is 0 Å². The number of rotatable bonds is 5. The summed E-state index contributed by atoms with van der Waals surface area (Å²) in [5, 5.41) is 0. The van der Waals surface area contributed by atoms with Gasteiger partial charge in [0.1, 0.15) is 5.67 Å². The van der Waals surface area contributed by atoms with Gasteiger partial charge in [-0.1, -0.05) is 20.3 Å². The number of likely N-dealkylation sites (tertiary alicyclic amines) is 2. The lowest BCUT2D eigenvalue weighted by Crippen LogP contribution is -2.51. The van der Waals surface area contributed by atoms with Crippen LogP contribution >= 0.6 is 0 Å². The minimum atomic E-state index is -0.858. The first kappa shape index (κ1) is 16.7. The van der Waals surface area contributed by atoms with Crippen molar-refractivity contribution in [2.75, 3.05) is 32.7 Å². The van der Waals surface area contributed by atoms with E-state index in [1.54, 1.807) is 0 Å². The van der Waals surface area contributed by atoms with Gasteiger partial charge < -0.3 is 9.80 Å². The van der Waals surface area contributed by atoms with Crippen LogP contribution in [0.3, 0.4) is 0 Å². The SMILES string of the molecule is CCC1CC(N2CCC(F)(CC3CCN(CC)CC3)CC2)C1. The lowest BCUT2D eigenvalue weighted by Gasteiger charge is -2.47. The van der Waals surface area contributed by atoms with Crippen molar-refractivity contribution in [2.24, 2.45) is 11.8 Å². The molecule has 2 saturated heterocycles. The highest BCUT2D eigenvalue weighted by atomic mass is 19.1. The fourth-order valence-electron chi connectivity index (χ4n) is 4.85. The molecule has 0 bridgehead atoms. The van der Waals surface area contributed by atoms with Crippen molar-refractivity contribution in [1.82, 2.24) is 9.80 Å². The summed E-state index contributed by atoms with van der Waals surface area (Å²) in [6, 6.07) is 0.780. The van der Waals surface area contributed by atoms with Crippen molar-refractivity contribution in [3.8, 4) is 0 Å². The second-order valence-corrected chi connectivity index (χ2v) is 8.17. The van der Waals surface area contributed by atoms with Crippen LogP contribution in [0.4, 0.5) is 4.39 Å². The molecule has 0 N–H and O–H groups in total. The summed E-state index contributed by atoms with van der Waals surface area (Å²) in [5.74, 6) is 1.58. The molecule has 1 saturated carbocycles. The van der Waals surface area contributed by atoms with E-state index in [-0.39, 0.29) is 0 Å². The van der Waals surface area contributed by atoms with Gasteiger partial charge >= 0.3 is 0 Å². The molecule has 3 fully saturated rings. The molecular weight excluding hydrogens is 275 g/mol. The zero-order valence-electron chi connectivity index (χ0n) is 14.7. The average molecular weight is 311 g/mol. The van der Waals surface area contributed by atoms with Gasteiger partial charge in [-0.2, -0.15) is 0 Å². The van der Waals surface area contributed by atoms with Gasteiger partial charge in [0.25, 0.3) is 0 Å². The average Bonchev–Trinajstić information content (AvgIpc) is 2.49. The molecule has 2 heterocycles. The molecule has 2 aliphatic heterocycles. The summed E-state index contributed by atoms with van der Waals surface area (Å²) in [6.07, 6.45) is 8.89. The maximum absolute atomic E-state index is 15.2. The Balaban J connectivity index is 1.40. The van der Waals surface area contributed by atoms with Crippen molar-refractivity contribution in [3.05, 3.63) is 0 Å². The summed E-state index contributed by atoms with van der Waals surface area (Å²) < 4.78 is 15.2. The Labute approximate surface area is 136 Å². The van der Waals surface area contributed by atoms with Crippen LogP contribution in [0.2, 0.25) is 0 Å². The maximum atomic E-state index is 15.2. The van der Waals surface area contributed by atoms with E-state index < -0.39 is 5.67 Å². The second-order valence-electron chi connectivity index (χ2n) is 8.17. The highest BCUT2D eigenvalue weighted by Gasteiger charge is 2.41. The zero-order chi connectivity index (χ0) is 15.6. The Morgan fingerprint density at radius 1 is 0.955 bits per heavy atom. The van der Waals surface area contributed by atoms with E-state index in [0.29, 0.717) is 5.92 Å². The minimum Gasteiger partial charge on any atom is -0.304 e. The smallest absolute Gasteiger partial charge is 0.113 e. The van der Waals surface area contributed by atoms with Crippen LogP contribution in [0.1, 0.15) is 65.2 Å². The number of hydrogen-bond donors (Lipinski definition) is 0. The van der Waals surface area contributed by atoms with Gasteiger partial charge in [0.15, 0.2) is 0 Å². The molecule has 0 atom stereocenters. The van der Waals surface area contributed by atoms with Crippen molar-refractivity contribution in [2.45, 2.75) is 76.9 Å². The lowest BCUT2D eigenvalue weighted by molar-refractivity contribution is -0.0143. The molecule has 0 aromatic heterocycles. The normalized spacial score (nSPS) is 34.5. The van der Waals surface area contributed by atoms with E-state index in [4.69, 9.17) is 0 Å². The van der Waals surface area contributed by atoms with Gasteiger partial charge in [-0.05, 0) is 76.4 Å². The van der Waals surface area contributed by atoms with E-state index in [0.717, 1.165) is 50.9 Å². The molecule has 0 aromatic carbocycles. The summed E-state index contributed by atoms with van der Waals surface area (Å²) in [5.41, 5.74) is -0.858. The van der Waals surface area contributed by atoms with Gasteiger partial charge in [0, 0.05) is 19.1 Å². The fraction of sp³-hybridized carbons (Fsp3) is 1.00. The summed E-state index contributed by atoms with van der Waals surface area (Å²) in [7, 11) is 0. The van der Waals surface area contributed by atoms with Crippen LogP contribution in [0.15, 0.2) is 0 Å². The van der Waals surface area contributed by atoms with Crippen LogP contribution in [-0.4, -0.2) is 54.2 Å². The molecule has 3 aliphatic rings. The largest absolute Gasteiger partial charge is 0.304 e. The third-order valence-electron chi connectivity index (χ3n) is 6.81. The molecule has 22 heavy (non-hydrogen) atoms. The molecule has 0 amide bonds. The van der Waals surface area contributed by atoms with Gasteiger partial charge in [0.05, 0.1) is 0 Å². The minimum absolute atomic E-state index is 0.632. The van der Waals surface area contributed by atoms with Crippen molar-refractivity contribution in [1.29, 1.82) is 0 Å². The number of nitrogens with zero attached hydrogens (tertiary/aromatic N) is 2. The highest BCUT2D eigenvalue weighted by Crippen LogP contribution is 2.40. The molecule has 2 nitrogen and oxygen atoms in total. The van der Waals surface area contributed by atoms with E-state index >= 15 is 4.39 Å². The fourth-order valence-corrected chi connectivity index (χ4v) is 4.85. The summed E-state index contributed by atoms with van der Waals surface area (Å²) in [4.78, 5) is 5.09. The highest BCUT2D eigenvalue weighted by molar-refractivity contribution is 4.94. The third kappa shape index (κ3) is 3.84. The van der Waals surface area contributed by atoms with Crippen LogP contribution in [0.25, 0.3) is 0 Å². The van der Waals surface area contributed by atoms with Crippen LogP contribution in [0, 0.1) is 11.8 Å². The molecule has 3 rings (SSSR count). The molecule has 0 unspecified atom stereocenters. The van der Waals surface area contributed by atoms with E-state index in [1.807, 2.05) is 0 Å². The predicted molar refractivity (Wildman–Crippen MR) is 90.9 cm³/mol. The topological polar surface area (TPSA) is 6.48 Å². The second kappa shape index (κ2) is 7.17. The number of alkyl halides is 1. The Hall–Kier alpha value is -0.150. The van der Waals surface area contributed by atoms with Crippen molar-refractivity contribution >= 4 is 0 Å². The molecule has 1 aliphatic carbocycles. The predicted octanol–water partition coefficient (Wildman–Crippen LogP) is 4.10. The van der Waals surface area contributed by atoms with Crippen LogP contribution in [0.5, 0.6) is 0 Å². The molecule has 0 aromatic rings. The molecular formula is C19H35FN2. The van der Waals surface area contributed by atoms with Gasteiger partial charge in [-0.25, -0.2) is 4.39 Å². The van der Waals surface area contributed by atoms with Crippen molar-refractivity contribution < 1.29 is 4.39 Å². The maximum Gasteiger partial charge on any atom is 0.113 e. The Morgan fingerprint density at radius 2 is 1.59 bits per heavy atom. The van der Waals surface area contributed by atoms with Gasteiger partial charge in [-0.3, -0.25) is 0 Å². The molecule has 0 radical (unpaired) electrons. The summed E-state index contributed by atoms with van der Waals surface area (Å²) in [6.45, 7) is 10.1. The van der Waals surface area contributed by atoms with Crippen LogP contribution in [-0.2, 0) is 0 Å².